The molecule has 3 nitrogen and oxygen atoms in total. The molecular weight excluding hydrogens is 293 g/mol. The molecular formula is C16H15ClFNO2. The van der Waals surface area contributed by atoms with E-state index in [4.69, 9.17) is 16.3 Å². The van der Waals surface area contributed by atoms with Crippen molar-refractivity contribution in [3.63, 3.8) is 0 Å². The van der Waals surface area contributed by atoms with Crippen LogP contribution in [-0.2, 0) is 0 Å². The standard InChI is InChI=1S/C16H15ClFNO2/c1-11(21-13-8-6-12(17)7-9-13)10-19-16(20)14-4-2-3-5-15(14)18/h2-9,11H,10H2,1H3,(H,19,20). The third kappa shape index (κ3) is 4.46. The second kappa shape index (κ2) is 7.09. The Morgan fingerprint density at radius 2 is 1.90 bits per heavy atom. The molecule has 0 fully saturated rings. The minimum atomic E-state index is -0.540. The van der Waals surface area contributed by atoms with E-state index in [0.29, 0.717) is 10.8 Å². The Bertz CT molecular complexity index is 616. The van der Waals surface area contributed by atoms with E-state index in [9.17, 15) is 9.18 Å². The van der Waals surface area contributed by atoms with E-state index < -0.39 is 11.7 Å². The molecule has 0 bridgehead atoms. The number of carbonyl (C=O) groups is 1. The fraction of sp³-hybridized carbons (Fsp3) is 0.188. The number of ether oxygens (including phenoxy) is 1. The van der Waals surface area contributed by atoms with E-state index in [1.165, 1.54) is 12.1 Å². The van der Waals surface area contributed by atoms with Crippen molar-refractivity contribution in [1.29, 1.82) is 0 Å². The minimum absolute atomic E-state index is 0.0243. The molecule has 1 atom stereocenters. The molecule has 2 aromatic rings. The van der Waals surface area contributed by atoms with Gasteiger partial charge in [0.2, 0.25) is 0 Å². The maximum atomic E-state index is 13.4. The summed E-state index contributed by atoms with van der Waals surface area (Å²) >= 11 is 5.79. The summed E-state index contributed by atoms with van der Waals surface area (Å²) < 4.78 is 19.1. The van der Waals surface area contributed by atoms with Gasteiger partial charge in [-0.25, -0.2) is 4.39 Å². The van der Waals surface area contributed by atoms with Crippen LogP contribution in [-0.4, -0.2) is 18.6 Å². The average molecular weight is 308 g/mol. The second-order valence-electron chi connectivity index (χ2n) is 4.57. The monoisotopic (exact) mass is 307 g/mol. The number of hydrogen-bond acceptors (Lipinski definition) is 2. The quantitative estimate of drug-likeness (QED) is 0.915. The molecule has 0 aromatic heterocycles. The van der Waals surface area contributed by atoms with Crippen molar-refractivity contribution in [1.82, 2.24) is 5.32 Å². The molecule has 0 saturated carbocycles. The van der Waals surface area contributed by atoms with Crippen LogP contribution in [0, 0.1) is 5.82 Å². The van der Waals surface area contributed by atoms with Gasteiger partial charge in [-0.1, -0.05) is 23.7 Å². The van der Waals surface area contributed by atoms with E-state index in [1.807, 2.05) is 6.92 Å². The predicted molar refractivity (Wildman–Crippen MR) is 80.3 cm³/mol. The summed E-state index contributed by atoms with van der Waals surface area (Å²) in [6, 6.07) is 12.8. The molecule has 0 spiro atoms. The summed E-state index contributed by atoms with van der Waals surface area (Å²) in [5.74, 6) is -0.340. The first kappa shape index (κ1) is 15.3. The fourth-order valence-electron chi connectivity index (χ4n) is 1.76. The van der Waals surface area contributed by atoms with Gasteiger partial charge in [-0.3, -0.25) is 4.79 Å². The van der Waals surface area contributed by atoms with Crippen LogP contribution in [0.4, 0.5) is 4.39 Å². The molecule has 0 aliphatic rings. The van der Waals surface area contributed by atoms with E-state index in [2.05, 4.69) is 5.32 Å². The van der Waals surface area contributed by atoms with Crippen molar-refractivity contribution in [2.24, 2.45) is 0 Å². The number of rotatable bonds is 5. The minimum Gasteiger partial charge on any atom is -0.489 e. The van der Waals surface area contributed by atoms with E-state index in [-0.39, 0.29) is 18.2 Å². The lowest BCUT2D eigenvalue weighted by atomic mass is 10.2. The summed E-state index contributed by atoms with van der Waals surface area (Å²) in [5.41, 5.74) is 0.0243. The van der Waals surface area contributed by atoms with Crippen molar-refractivity contribution in [2.75, 3.05) is 6.54 Å². The first-order valence-electron chi connectivity index (χ1n) is 6.51. The third-order valence-corrected chi connectivity index (χ3v) is 3.07. The number of hydrogen-bond donors (Lipinski definition) is 1. The van der Waals surface area contributed by atoms with E-state index in [0.717, 1.165) is 0 Å². The number of halogens is 2. The Morgan fingerprint density at radius 3 is 2.57 bits per heavy atom. The van der Waals surface area contributed by atoms with Gasteiger partial charge in [-0.2, -0.15) is 0 Å². The smallest absolute Gasteiger partial charge is 0.254 e. The molecule has 1 N–H and O–H groups in total. The zero-order chi connectivity index (χ0) is 15.2. The van der Waals surface area contributed by atoms with Crippen molar-refractivity contribution in [2.45, 2.75) is 13.0 Å². The van der Waals surface area contributed by atoms with Gasteiger partial charge in [-0.15, -0.1) is 0 Å². The number of amides is 1. The fourth-order valence-corrected chi connectivity index (χ4v) is 1.89. The summed E-state index contributed by atoms with van der Waals surface area (Å²) in [7, 11) is 0. The van der Waals surface area contributed by atoms with Crippen LogP contribution in [0.15, 0.2) is 48.5 Å². The van der Waals surface area contributed by atoms with Gasteiger partial charge in [0.1, 0.15) is 17.7 Å². The van der Waals surface area contributed by atoms with Gasteiger partial charge >= 0.3 is 0 Å². The highest BCUT2D eigenvalue weighted by molar-refractivity contribution is 6.30. The van der Waals surface area contributed by atoms with Crippen LogP contribution in [0.2, 0.25) is 5.02 Å². The molecule has 0 radical (unpaired) electrons. The van der Waals surface area contributed by atoms with Crippen molar-refractivity contribution in [3.05, 3.63) is 64.9 Å². The summed E-state index contributed by atoms with van der Waals surface area (Å²) in [6.07, 6.45) is -0.248. The maximum absolute atomic E-state index is 13.4. The molecule has 5 heteroatoms. The SMILES string of the molecule is CC(CNC(=O)c1ccccc1F)Oc1ccc(Cl)cc1. The molecule has 1 unspecified atom stereocenters. The highest BCUT2D eigenvalue weighted by Crippen LogP contribution is 2.16. The molecule has 0 saturated heterocycles. The van der Waals surface area contributed by atoms with Crippen LogP contribution in [0.1, 0.15) is 17.3 Å². The first-order valence-corrected chi connectivity index (χ1v) is 6.89. The Morgan fingerprint density at radius 1 is 1.24 bits per heavy atom. The molecule has 0 aliphatic carbocycles. The van der Waals surface area contributed by atoms with Crippen LogP contribution in [0.25, 0.3) is 0 Å². The van der Waals surface area contributed by atoms with Gasteiger partial charge in [0.05, 0.1) is 12.1 Å². The van der Waals surface area contributed by atoms with Gasteiger partial charge in [-0.05, 0) is 43.3 Å². The molecule has 110 valence electrons. The average Bonchev–Trinajstić information content (AvgIpc) is 2.48. The Hall–Kier alpha value is -2.07. The Balaban J connectivity index is 1.86. The lowest BCUT2D eigenvalue weighted by Gasteiger charge is -2.15. The molecule has 1 amide bonds. The number of nitrogens with one attached hydrogen (secondary N) is 1. The largest absolute Gasteiger partial charge is 0.489 e. The molecule has 21 heavy (non-hydrogen) atoms. The van der Waals surface area contributed by atoms with Crippen LogP contribution in [0.5, 0.6) is 5.75 Å². The number of benzene rings is 2. The van der Waals surface area contributed by atoms with Crippen molar-refractivity contribution in [3.8, 4) is 5.75 Å². The maximum Gasteiger partial charge on any atom is 0.254 e. The molecule has 2 rings (SSSR count). The van der Waals surface area contributed by atoms with Crippen molar-refractivity contribution < 1.29 is 13.9 Å². The van der Waals surface area contributed by atoms with Gasteiger partial charge in [0.15, 0.2) is 0 Å². The van der Waals surface area contributed by atoms with Crippen LogP contribution in [0.3, 0.4) is 0 Å². The number of carbonyl (C=O) groups excluding carboxylic acids is 1. The zero-order valence-electron chi connectivity index (χ0n) is 11.5. The van der Waals surface area contributed by atoms with Gasteiger partial charge < -0.3 is 10.1 Å². The van der Waals surface area contributed by atoms with Crippen LogP contribution < -0.4 is 10.1 Å². The van der Waals surface area contributed by atoms with Gasteiger partial charge in [0, 0.05) is 5.02 Å². The highest BCUT2D eigenvalue weighted by Gasteiger charge is 2.12. The topological polar surface area (TPSA) is 38.3 Å². The molecule has 0 heterocycles. The highest BCUT2D eigenvalue weighted by atomic mass is 35.5. The summed E-state index contributed by atoms with van der Waals surface area (Å²) in [5, 5.41) is 3.27. The Kier molecular flexibility index (Phi) is 5.17. The first-order chi connectivity index (χ1) is 10.1. The third-order valence-electron chi connectivity index (χ3n) is 2.82. The zero-order valence-corrected chi connectivity index (χ0v) is 12.2. The van der Waals surface area contributed by atoms with Crippen molar-refractivity contribution >= 4 is 17.5 Å². The summed E-state index contributed by atoms with van der Waals surface area (Å²) in [6.45, 7) is 2.09. The molecule has 0 aliphatic heterocycles. The normalized spacial score (nSPS) is 11.8. The summed E-state index contributed by atoms with van der Waals surface area (Å²) in [4.78, 5) is 11.8. The lowest BCUT2D eigenvalue weighted by Crippen LogP contribution is -2.34. The molecule has 2 aromatic carbocycles. The lowest BCUT2D eigenvalue weighted by molar-refractivity contribution is 0.0928. The van der Waals surface area contributed by atoms with Crippen LogP contribution >= 0.6 is 11.6 Å². The Labute approximate surface area is 127 Å². The van der Waals surface area contributed by atoms with E-state index >= 15 is 0 Å². The predicted octanol–water partition coefficient (Wildman–Crippen LogP) is 3.68. The van der Waals surface area contributed by atoms with Gasteiger partial charge in [0.25, 0.3) is 5.91 Å². The van der Waals surface area contributed by atoms with E-state index in [1.54, 1.807) is 36.4 Å². The second-order valence-corrected chi connectivity index (χ2v) is 5.01.